The second-order valence-corrected chi connectivity index (χ2v) is 5.17. The molecular weight excluding hydrogens is 218 g/mol. The predicted octanol–water partition coefficient (Wildman–Crippen LogP) is -0.899. The minimum atomic E-state index is -0.0996. The van der Waals surface area contributed by atoms with E-state index in [0.29, 0.717) is 6.61 Å². The summed E-state index contributed by atoms with van der Waals surface area (Å²) in [5.74, 6) is 0. The van der Waals surface area contributed by atoms with Crippen molar-refractivity contribution >= 4 is 0 Å². The van der Waals surface area contributed by atoms with E-state index in [1.807, 2.05) is 0 Å². The van der Waals surface area contributed by atoms with Crippen molar-refractivity contribution in [3.05, 3.63) is 0 Å². The molecular formula is C12H25N3O2. The second-order valence-electron chi connectivity index (χ2n) is 5.17. The number of piperazine rings is 1. The van der Waals surface area contributed by atoms with Crippen LogP contribution in [-0.4, -0.2) is 79.5 Å². The zero-order chi connectivity index (χ0) is 12.3. The van der Waals surface area contributed by atoms with Gasteiger partial charge in [0.25, 0.3) is 0 Å². The van der Waals surface area contributed by atoms with Crippen molar-refractivity contribution in [3.8, 4) is 0 Å². The van der Waals surface area contributed by atoms with E-state index < -0.39 is 0 Å². The SMILES string of the molecule is COCC(N)C(CO)N1CCN(C2CC2)CC1. The van der Waals surface area contributed by atoms with Gasteiger partial charge in [0.05, 0.1) is 19.3 Å². The predicted molar refractivity (Wildman–Crippen MR) is 66.9 cm³/mol. The Morgan fingerprint density at radius 3 is 2.41 bits per heavy atom. The quantitative estimate of drug-likeness (QED) is 0.633. The van der Waals surface area contributed by atoms with Crippen LogP contribution in [-0.2, 0) is 4.74 Å². The molecule has 0 radical (unpaired) electrons. The fraction of sp³-hybridized carbons (Fsp3) is 1.00. The van der Waals surface area contributed by atoms with E-state index in [4.69, 9.17) is 10.5 Å². The van der Waals surface area contributed by atoms with Gasteiger partial charge in [-0.05, 0) is 12.8 Å². The summed E-state index contributed by atoms with van der Waals surface area (Å²) in [4.78, 5) is 4.87. The molecule has 1 saturated heterocycles. The van der Waals surface area contributed by atoms with Crippen molar-refractivity contribution in [2.75, 3.05) is 46.5 Å². The molecule has 5 nitrogen and oxygen atoms in total. The van der Waals surface area contributed by atoms with Gasteiger partial charge in [0, 0.05) is 45.4 Å². The third-order valence-corrected chi connectivity index (χ3v) is 3.92. The molecule has 5 heteroatoms. The number of aliphatic hydroxyl groups is 1. The maximum atomic E-state index is 9.47. The largest absolute Gasteiger partial charge is 0.395 e. The van der Waals surface area contributed by atoms with Crippen LogP contribution in [0.15, 0.2) is 0 Å². The number of nitrogens with zero attached hydrogens (tertiary/aromatic N) is 2. The van der Waals surface area contributed by atoms with E-state index in [-0.39, 0.29) is 18.7 Å². The summed E-state index contributed by atoms with van der Waals surface area (Å²) in [6.07, 6.45) is 2.74. The van der Waals surface area contributed by atoms with Crippen molar-refractivity contribution in [1.82, 2.24) is 9.80 Å². The van der Waals surface area contributed by atoms with Gasteiger partial charge in [0.15, 0.2) is 0 Å². The molecule has 0 aromatic rings. The smallest absolute Gasteiger partial charge is 0.0629 e. The summed E-state index contributed by atoms with van der Waals surface area (Å²) in [6.45, 7) is 4.88. The van der Waals surface area contributed by atoms with Gasteiger partial charge in [-0.15, -0.1) is 0 Å². The molecule has 17 heavy (non-hydrogen) atoms. The van der Waals surface area contributed by atoms with Crippen LogP contribution in [0, 0.1) is 0 Å². The van der Waals surface area contributed by atoms with E-state index in [1.165, 1.54) is 12.8 Å². The van der Waals surface area contributed by atoms with E-state index in [0.717, 1.165) is 32.2 Å². The van der Waals surface area contributed by atoms with Gasteiger partial charge in [-0.2, -0.15) is 0 Å². The molecule has 1 saturated carbocycles. The van der Waals surface area contributed by atoms with Crippen molar-refractivity contribution in [2.24, 2.45) is 5.73 Å². The zero-order valence-corrected chi connectivity index (χ0v) is 10.7. The van der Waals surface area contributed by atoms with Crippen LogP contribution < -0.4 is 5.73 Å². The van der Waals surface area contributed by atoms with Gasteiger partial charge in [-0.3, -0.25) is 9.80 Å². The molecule has 2 fully saturated rings. The third-order valence-electron chi connectivity index (χ3n) is 3.92. The summed E-state index contributed by atoms with van der Waals surface area (Å²) < 4.78 is 5.07. The average Bonchev–Trinajstić information content (AvgIpc) is 3.15. The van der Waals surface area contributed by atoms with E-state index in [2.05, 4.69) is 9.80 Å². The Bertz CT molecular complexity index is 228. The topological polar surface area (TPSA) is 62.0 Å². The Kier molecular flexibility index (Phi) is 4.76. The monoisotopic (exact) mass is 243 g/mol. The first-order valence-electron chi connectivity index (χ1n) is 6.59. The zero-order valence-electron chi connectivity index (χ0n) is 10.7. The number of aliphatic hydroxyl groups excluding tert-OH is 1. The molecule has 2 unspecified atom stereocenters. The molecule has 0 aromatic heterocycles. The van der Waals surface area contributed by atoms with Gasteiger partial charge >= 0.3 is 0 Å². The fourth-order valence-electron chi connectivity index (χ4n) is 2.70. The Hall–Kier alpha value is -0.200. The Morgan fingerprint density at radius 2 is 1.94 bits per heavy atom. The maximum absolute atomic E-state index is 9.47. The van der Waals surface area contributed by atoms with Crippen LogP contribution >= 0.6 is 0 Å². The first-order valence-corrected chi connectivity index (χ1v) is 6.59. The number of hydrogen-bond acceptors (Lipinski definition) is 5. The highest BCUT2D eigenvalue weighted by Gasteiger charge is 2.33. The highest BCUT2D eigenvalue weighted by atomic mass is 16.5. The fourth-order valence-corrected chi connectivity index (χ4v) is 2.70. The lowest BCUT2D eigenvalue weighted by Crippen LogP contribution is -2.58. The lowest BCUT2D eigenvalue weighted by molar-refractivity contribution is 0.0338. The maximum Gasteiger partial charge on any atom is 0.0629 e. The van der Waals surface area contributed by atoms with Gasteiger partial charge in [0.2, 0.25) is 0 Å². The second kappa shape index (κ2) is 6.11. The van der Waals surface area contributed by atoms with Gasteiger partial charge in [0.1, 0.15) is 0 Å². The molecule has 100 valence electrons. The molecule has 0 bridgehead atoms. The summed E-state index contributed by atoms with van der Waals surface area (Å²) in [6, 6.07) is 0.783. The van der Waals surface area contributed by atoms with Gasteiger partial charge < -0.3 is 15.6 Å². The molecule has 0 amide bonds. The minimum absolute atomic E-state index is 0.0382. The van der Waals surface area contributed by atoms with Gasteiger partial charge in [-0.25, -0.2) is 0 Å². The highest BCUT2D eigenvalue weighted by molar-refractivity contribution is 4.90. The summed E-state index contributed by atoms with van der Waals surface area (Å²) in [7, 11) is 1.65. The van der Waals surface area contributed by atoms with Crippen molar-refractivity contribution < 1.29 is 9.84 Å². The van der Waals surface area contributed by atoms with Crippen LogP contribution in [0.2, 0.25) is 0 Å². The van der Waals surface area contributed by atoms with E-state index in [1.54, 1.807) is 7.11 Å². The number of hydrogen-bond donors (Lipinski definition) is 2. The lowest BCUT2D eigenvalue weighted by atomic mass is 10.1. The normalized spacial score (nSPS) is 27.0. The highest BCUT2D eigenvalue weighted by Crippen LogP contribution is 2.27. The molecule has 1 aliphatic carbocycles. The van der Waals surface area contributed by atoms with Crippen LogP contribution in [0.5, 0.6) is 0 Å². The molecule has 1 heterocycles. The van der Waals surface area contributed by atoms with Crippen LogP contribution in [0.1, 0.15) is 12.8 Å². The Morgan fingerprint density at radius 1 is 1.29 bits per heavy atom. The van der Waals surface area contributed by atoms with Crippen molar-refractivity contribution in [1.29, 1.82) is 0 Å². The molecule has 0 aromatic carbocycles. The molecule has 0 spiro atoms. The third kappa shape index (κ3) is 3.39. The van der Waals surface area contributed by atoms with Crippen LogP contribution in [0.25, 0.3) is 0 Å². The summed E-state index contributed by atoms with van der Waals surface area (Å²) >= 11 is 0. The van der Waals surface area contributed by atoms with Crippen molar-refractivity contribution in [2.45, 2.75) is 31.0 Å². The van der Waals surface area contributed by atoms with E-state index in [9.17, 15) is 5.11 Å². The molecule has 1 aliphatic heterocycles. The standard InChI is InChI=1S/C12H25N3O2/c1-17-9-11(13)12(8-16)15-6-4-14(5-7-15)10-2-3-10/h10-12,16H,2-9,13H2,1H3. The summed E-state index contributed by atoms with van der Waals surface area (Å²) in [5.41, 5.74) is 6.04. The minimum Gasteiger partial charge on any atom is -0.395 e. The number of nitrogens with two attached hydrogens (primary N) is 1. The molecule has 3 N–H and O–H groups in total. The Balaban J connectivity index is 1.80. The number of rotatable bonds is 6. The van der Waals surface area contributed by atoms with Gasteiger partial charge in [-0.1, -0.05) is 0 Å². The number of ether oxygens (including phenoxy) is 1. The average molecular weight is 243 g/mol. The lowest BCUT2D eigenvalue weighted by Gasteiger charge is -2.40. The first-order chi connectivity index (χ1) is 8.26. The number of methoxy groups -OCH3 is 1. The molecule has 2 atom stereocenters. The van der Waals surface area contributed by atoms with E-state index >= 15 is 0 Å². The first kappa shape index (κ1) is 13.2. The molecule has 2 rings (SSSR count). The van der Waals surface area contributed by atoms with Crippen molar-refractivity contribution in [3.63, 3.8) is 0 Å². The molecule has 2 aliphatic rings. The van der Waals surface area contributed by atoms with Crippen LogP contribution in [0.4, 0.5) is 0 Å². The van der Waals surface area contributed by atoms with Crippen LogP contribution in [0.3, 0.4) is 0 Å². The Labute approximate surface area is 104 Å². The summed E-state index contributed by atoms with van der Waals surface area (Å²) in [5, 5.41) is 9.47.